The molecule has 0 aliphatic heterocycles. The molecule has 12 heavy (non-hydrogen) atoms. The van der Waals surface area contributed by atoms with Crippen molar-refractivity contribution in [3.05, 3.63) is 0 Å². The van der Waals surface area contributed by atoms with Crippen molar-refractivity contribution in [2.24, 2.45) is 11.8 Å². The molecule has 1 fully saturated rings. The van der Waals surface area contributed by atoms with Crippen LogP contribution in [-0.4, -0.2) is 12.6 Å². The van der Waals surface area contributed by atoms with Crippen molar-refractivity contribution in [3.8, 4) is 0 Å². The maximum Gasteiger partial charge on any atom is 0.309 e. The van der Waals surface area contributed by atoms with Crippen molar-refractivity contribution in [1.29, 1.82) is 0 Å². The first-order valence-electron chi connectivity index (χ1n) is 4.96. The van der Waals surface area contributed by atoms with Crippen molar-refractivity contribution < 1.29 is 9.53 Å². The van der Waals surface area contributed by atoms with Gasteiger partial charge in [-0.1, -0.05) is 19.8 Å². The molecule has 0 amide bonds. The third-order valence-corrected chi connectivity index (χ3v) is 2.77. The Labute approximate surface area is 74.3 Å². The Morgan fingerprint density at radius 3 is 2.75 bits per heavy atom. The summed E-state index contributed by atoms with van der Waals surface area (Å²) in [6.45, 7) is 4.54. The average molecular weight is 170 g/mol. The van der Waals surface area contributed by atoms with Gasteiger partial charge in [-0.2, -0.15) is 0 Å². The van der Waals surface area contributed by atoms with Gasteiger partial charge in [0.25, 0.3) is 0 Å². The molecule has 0 spiro atoms. The average Bonchev–Trinajstić information content (AvgIpc) is 2.51. The molecule has 0 aromatic heterocycles. The maximum atomic E-state index is 11.4. The largest absolute Gasteiger partial charge is 0.466 e. The Kier molecular flexibility index (Phi) is 3.57. The smallest absolute Gasteiger partial charge is 0.309 e. The van der Waals surface area contributed by atoms with Gasteiger partial charge in [-0.05, 0) is 25.7 Å². The fraction of sp³-hybridized carbons (Fsp3) is 0.900. The zero-order chi connectivity index (χ0) is 8.97. The molecule has 2 heteroatoms. The van der Waals surface area contributed by atoms with Gasteiger partial charge < -0.3 is 4.74 Å². The quantitative estimate of drug-likeness (QED) is 0.608. The summed E-state index contributed by atoms with van der Waals surface area (Å²) in [5.74, 6) is 0.820. The number of rotatable bonds is 3. The molecule has 0 bridgehead atoms. The summed E-state index contributed by atoms with van der Waals surface area (Å²) in [6.07, 6.45) is 4.56. The molecule has 0 N–H and O–H groups in total. The van der Waals surface area contributed by atoms with Crippen LogP contribution in [0.4, 0.5) is 0 Å². The molecule has 0 heterocycles. The van der Waals surface area contributed by atoms with Gasteiger partial charge in [0.1, 0.15) is 0 Å². The summed E-state index contributed by atoms with van der Waals surface area (Å²) in [5, 5.41) is 0. The van der Waals surface area contributed by atoms with Crippen molar-refractivity contribution >= 4 is 5.97 Å². The lowest BCUT2D eigenvalue weighted by Crippen LogP contribution is -2.20. The van der Waals surface area contributed by atoms with Crippen molar-refractivity contribution in [3.63, 3.8) is 0 Å². The van der Waals surface area contributed by atoms with E-state index in [1.54, 1.807) is 0 Å². The van der Waals surface area contributed by atoms with E-state index in [0.29, 0.717) is 12.5 Å². The van der Waals surface area contributed by atoms with E-state index in [0.717, 1.165) is 12.8 Å². The zero-order valence-electron chi connectivity index (χ0n) is 8.01. The second kappa shape index (κ2) is 4.48. The first-order valence-corrected chi connectivity index (χ1v) is 4.96. The summed E-state index contributed by atoms with van der Waals surface area (Å²) >= 11 is 0. The Balaban J connectivity index is 2.43. The Morgan fingerprint density at radius 1 is 1.42 bits per heavy atom. The van der Waals surface area contributed by atoms with Gasteiger partial charge in [0, 0.05) is 0 Å². The highest BCUT2D eigenvalue weighted by Crippen LogP contribution is 2.34. The number of carbonyl (C=O) groups is 1. The lowest BCUT2D eigenvalue weighted by Gasteiger charge is -2.15. The van der Waals surface area contributed by atoms with Crippen LogP contribution in [0.1, 0.15) is 39.5 Å². The Bertz CT molecular complexity index is 154. The van der Waals surface area contributed by atoms with Gasteiger partial charge in [-0.25, -0.2) is 0 Å². The molecule has 0 aromatic carbocycles. The summed E-state index contributed by atoms with van der Waals surface area (Å²) in [4.78, 5) is 11.4. The maximum absolute atomic E-state index is 11.4. The predicted molar refractivity (Wildman–Crippen MR) is 47.8 cm³/mol. The topological polar surface area (TPSA) is 26.3 Å². The van der Waals surface area contributed by atoms with Crippen LogP contribution >= 0.6 is 0 Å². The summed E-state index contributed by atoms with van der Waals surface area (Å²) in [6, 6.07) is 0. The van der Waals surface area contributed by atoms with Gasteiger partial charge >= 0.3 is 5.97 Å². The number of carbonyl (C=O) groups excluding carboxylic acids is 1. The molecule has 1 aliphatic rings. The van der Waals surface area contributed by atoms with Gasteiger partial charge in [-0.3, -0.25) is 4.79 Å². The van der Waals surface area contributed by atoms with Crippen LogP contribution in [0, 0.1) is 11.8 Å². The van der Waals surface area contributed by atoms with E-state index in [4.69, 9.17) is 4.74 Å². The monoisotopic (exact) mass is 170 g/mol. The van der Waals surface area contributed by atoms with Crippen molar-refractivity contribution in [2.45, 2.75) is 39.5 Å². The van der Waals surface area contributed by atoms with Crippen LogP contribution in [0.3, 0.4) is 0 Å². The highest BCUT2D eigenvalue weighted by atomic mass is 16.5. The molecule has 1 rings (SSSR count). The zero-order valence-corrected chi connectivity index (χ0v) is 8.01. The highest BCUT2D eigenvalue weighted by Gasteiger charge is 2.32. The van der Waals surface area contributed by atoms with Gasteiger partial charge in [0.2, 0.25) is 0 Å². The van der Waals surface area contributed by atoms with Crippen molar-refractivity contribution in [2.75, 3.05) is 6.61 Å². The molecule has 0 aromatic rings. The van der Waals surface area contributed by atoms with Crippen LogP contribution < -0.4 is 0 Å². The molecular weight excluding hydrogens is 152 g/mol. The van der Waals surface area contributed by atoms with E-state index in [1.165, 1.54) is 12.8 Å². The van der Waals surface area contributed by atoms with Crippen LogP contribution in [0.5, 0.6) is 0 Å². The molecule has 0 unspecified atom stereocenters. The van der Waals surface area contributed by atoms with Crippen LogP contribution in [0.2, 0.25) is 0 Å². The number of hydrogen-bond donors (Lipinski definition) is 0. The van der Waals surface area contributed by atoms with E-state index < -0.39 is 0 Å². The summed E-state index contributed by atoms with van der Waals surface area (Å²) in [5.41, 5.74) is 0. The lowest BCUT2D eigenvalue weighted by atomic mass is 9.94. The molecule has 0 saturated heterocycles. The standard InChI is InChI=1S/C10H18O2/c1-3-8-6-5-7-9(8)10(11)12-4-2/h8-9H,3-7H2,1-2H3/t8-,9+/m1/s1. The fourth-order valence-corrected chi connectivity index (χ4v) is 2.09. The minimum atomic E-state index is 0.0295. The number of esters is 1. The Hall–Kier alpha value is -0.530. The normalized spacial score (nSPS) is 28.8. The molecule has 2 atom stereocenters. The number of hydrogen-bond acceptors (Lipinski definition) is 2. The second-order valence-corrected chi connectivity index (χ2v) is 3.46. The van der Waals surface area contributed by atoms with Gasteiger partial charge in [0.05, 0.1) is 12.5 Å². The predicted octanol–water partition coefficient (Wildman–Crippen LogP) is 2.38. The molecule has 1 saturated carbocycles. The third-order valence-electron chi connectivity index (χ3n) is 2.77. The van der Waals surface area contributed by atoms with E-state index in [9.17, 15) is 4.79 Å². The summed E-state index contributed by atoms with van der Waals surface area (Å²) < 4.78 is 5.02. The molecule has 70 valence electrons. The minimum Gasteiger partial charge on any atom is -0.466 e. The first kappa shape index (κ1) is 9.56. The second-order valence-electron chi connectivity index (χ2n) is 3.46. The highest BCUT2D eigenvalue weighted by molar-refractivity contribution is 5.73. The minimum absolute atomic E-state index is 0.0295. The number of ether oxygens (including phenoxy) is 1. The van der Waals surface area contributed by atoms with Crippen LogP contribution in [-0.2, 0) is 9.53 Å². The lowest BCUT2D eigenvalue weighted by molar-refractivity contribution is -0.149. The van der Waals surface area contributed by atoms with Crippen LogP contribution in [0.25, 0.3) is 0 Å². The molecule has 0 radical (unpaired) electrons. The van der Waals surface area contributed by atoms with Crippen LogP contribution in [0.15, 0.2) is 0 Å². The van der Waals surface area contributed by atoms with E-state index >= 15 is 0 Å². The van der Waals surface area contributed by atoms with E-state index in [-0.39, 0.29) is 11.9 Å². The molecule has 1 aliphatic carbocycles. The Morgan fingerprint density at radius 2 is 2.17 bits per heavy atom. The fourth-order valence-electron chi connectivity index (χ4n) is 2.09. The SMILES string of the molecule is CCOC(=O)[C@H]1CCC[C@H]1CC. The third kappa shape index (κ3) is 1.99. The van der Waals surface area contributed by atoms with Gasteiger partial charge in [-0.15, -0.1) is 0 Å². The van der Waals surface area contributed by atoms with Gasteiger partial charge in [0.15, 0.2) is 0 Å². The van der Waals surface area contributed by atoms with Crippen molar-refractivity contribution in [1.82, 2.24) is 0 Å². The van der Waals surface area contributed by atoms with E-state index in [2.05, 4.69) is 6.92 Å². The molecular formula is C10H18O2. The summed E-state index contributed by atoms with van der Waals surface area (Å²) in [7, 11) is 0. The van der Waals surface area contributed by atoms with E-state index in [1.807, 2.05) is 6.92 Å². The molecule has 2 nitrogen and oxygen atoms in total. The first-order chi connectivity index (χ1) is 5.79.